The number of ketones is 1. The molecule has 5 atom stereocenters. The molecule has 3 aliphatic rings. The second-order valence-corrected chi connectivity index (χ2v) is 6.15. The number of ether oxygens (including phenoxy) is 1. The minimum absolute atomic E-state index is 0.0133. The van der Waals surface area contributed by atoms with Crippen LogP contribution in [0, 0.1) is 23.2 Å². The van der Waals surface area contributed by atoms with Crippen LogP contribution in [0.15, 0.2) is 24.3 Å². The lowest BCUT2D eigenvalue weighted by Crippen LogP contribution is -2.44. The SMILES string of the molecule is C=C1C(=O)C=CC2(C)CC3OC(=O)C(C)C3CC12. The van der Waals surface area contributed by atoms with Crippen molar-refractivity contribution in [1.29, 1.82) is 0 Å². The lowest BCUT2D eigenvalue weighted by molar-refractivity contribution is -0.145. The molecule has 0 radical (unpaired) electrons. The van der Waals surface area contributed by atoms with Gasteiger partial charge in [-0.05, 0) is 35.8 Å². The zero-order valence-corrected chi connectivity index (χ0v) is 10.8. The first-order chi connectivity index (χ1) is 8.42. The largest absolute Gasteiger partial charge is 0.462 e. The van der Waals surface area contributed by atoms with Crippen molar-refractivity contribution in [2.45, 2.75) is 32.8 Å². The Hall–Kier alpha value is -1.38. The maximum Gasteiger partial charge on any atom is 0.309 e. The van der Waals surface area contributed by atoms with Gasteiger partial charge in [0, 0.05) is 5.92 Å². The van der Waals surface area contributed by atoms with E-state index in [2.05, 4.69) is 13.5 Å². The van der Waals surface area contributed by atoms with E-state index in [9.17, 15) is 9.59 Å². The monoisotopic (exact) mass is 246 g/mol. The van der Waals surface area contributed by atoms with Gasteiger partial charge in [0.05, 0.1) is 5.92 Å². The van der Waals surface area contributed by atoms with Crippen LogP contribution < -0.4 is 0 Å². The Balaban J connectivity index is 1.96. The third-order valence-corrected chi connectivity index (χ3v) is 5.06. The normalized spacial score (nSPS) is 46.7. The second kappa shape index (κ2) is 3.56. The van der Waals surface area contributed by atoms with Gasteiger partial charge in [-0.2, -0.15) is 0 Å². The molecule has 3 heteroatoms. The third kappa shape index (κ3) is 1.43. The number of fused-ring (bicyclic) bond motifs is 2. The van der Waals surface area contributed by atoms with E-state index >= 15 is 0 Å². The lowest BCUT2D eigenvalue weighted by atomic mass is 9.57. The molecule has 18 heavy (non-hydrogen) atoms. The van der Waals surface area contributed by atoms with Crippen LogP contribution in [0.3, 0.4) is 0 Å². The zero-order chi connectivity index (χ0) is 13.1. The Morgan fingerprint density at radius 3 is 2.89 bits per heavy atom. The summed E-state index contributed by atoms with van der Waals surface area (Å²) in [6.07, 6.45) is 5.27. The fourth-order valence-electron chi connectivity index (χ4n) is 3.78. The van der Waals surface area contributed by atoms with Crippen LogP contribution in [0.1, 0.15) is 26.7 Å². The van der Waals surface area contributed by atoms with E-state index in [0.29, 0.717) is 5.57 Å². The fourth-order valence-corrected chi connectivity index (χ4v) is 3.78. The van der Waals surface area contributed by atoms with Gasteiger partial charge in [-0.1, -0.05) is 26.5 Å². The molecule has 0 N–H and O–H groups in total. The summed E-state index contributed by atoms with van der Waals surface area (Å²) in [6, 6.07) is 0. The van der Waals surface area contributed by atoms with Crippen molar-refractivity contribution in [3.63, 3.8) is 0 Å². The second-order valence-electron chi connectivity index (χ2n) is 6.15. The molecule has 1 saturated carbocycles. The van der Waals surface area contributed by atoms with Crippen molar-refractivity contribution in [3.8, 4) is 0 Å². The van der Waals surface area contributed by atoms with Crippen molar-refractivity contribution < 1.29 is 14.3 Å². The molecule has 0 aromatic carbocycles. The molecule has 0 amide bonds. The number of hydrogen-bond acceptors (Lipinski definition) is 3. The smallest absolute Gasteiger partial charge is 0.309 e. The first kappa shape index (κ1) is 11.7. The van der Waals surface area contributed by atoms with Gasteiger partial charge >= 0.3 is 5.97 Å². The topological polar surface area (TPSA) is 43.4 Å². The summed E-state index contributed by atoms with van der Waals surface area (Å²) in [5.74, 6) is 0.301. The Bertz CT molecular complexity index is 476. The predicted octanol–water partition coefficient (Wildman–Crippen LogP) is 2.28. The maximum atomic E-state index is 11.7. The van der Waals surface area contributed by atoms with Crippen molar-refractivity contribution in [2.75, 3.05) is 0 Å². The summed E-state index contributed by atoms with van der Waals surface area (Å²) in [6.45, 7) is 8.02. The van der Waals surface area contributed by atoms with Gasteiger partial charge in [-0.15, -0.1) is 0 Å². The number of rotatable bonds is 0. The van der Waals surface area contributed by atoms with E-state index in [1.165, 1.54) is 0 Å². The van der Waals surface area contributed by atoms with Gasteiger partial charge in [-0.25, -0.2) is 0 Å². The molecule has 3 nitrogen and oxygen atoms in total. The van der Waals surface area contributed by atoms with E-state index in [1.54, 1.807) is 6.08 Å². The average molecular weight is 246 g/mol. The van der Waals surface area contributed by atoms with Crippen molar-refractivity contribution in [2.24, 2.45) is 23.2 Å². The molecule has 1 heterocycles. The maximum absolute atomic E-state index is 11.7. The Morgan fingerprint density at radius 2 is 2.17 bits per heavy atom. The molecular weight excluding hydrogens is 228 g/mol. The first-order valence-electron chi connectivity index (χ1n) is 6.55. The van der Waals surface area contributed by atoms with Crippen LogP contribution in [-0.2, 0) is 14.3 Å². The molecule has 2 aliphatic carbocycles. The summed E-state index contributed by atoms with van der Waals surface area (Å²) >= 11 is 0. The van der Waals surface area contributed by atoms with E-state index in [0.717, 1.165) is 12.8 Å². The number of carbonyl (C=O) groups excluding carboxylic acids is 2. The minimum Gasteiger partial charge on any atom is -0.462 e. The van der Waals surface area contributed by atoms with E-state index < -0.39 is 0 Å². The first-order valence-corrected chi connectivity index (χ1v) is 6.55. The molecule has 0 bridgehead atoms. The number of esters is 1. The van der Waals surface area contributed by atoms with Crippen LogP contribution in [-0.4, -0.2) is 17.9 Å². The highest BCUT2D eigenvalue weighted by Gasteiger charge is 2.53. The van der Waals surface area contributed by atoms with Crippen LogP contribution in [0.2, 0.25) is 0 Å². The number of allylic oxidation sites excluding steroid dienone is 3. The summed E-state index contributed by atoms with van der Waals surface area (Å²) < 4.78 is 5.47. The molecule has 0 aromatic rings. The quantitative estimate of drug-likeness (QED) is 0.486. The van der Waals surface area contributed by atoms with E-state index in [4.69, 9.17) is 4.74 Å². The minimum atomic E-state index is -0.0897. The fraction of sp³-hybridized carbons (Fsp3) is 0.600. The highest BCUT2D eigenvalue weighted by molar-refractivity contribution is 6.05. The molecule has 0 aromatic heterocycles. The van der Waals surface area contributed by atoms with Crippen LogP contribution in [0.25, 0.3) is 0 Å². The van der Waals surface area contributed by atoms with Crippen LogP contribution in [0.4, 0.5) is 0 Å². The summed E-state index contributed by atoms with van der Waals surface area (Å²) in [5.41, 5.74) is 0.612. The van der Waals surface area contributed by atoms with Gasteiger partial charge < -0.3 is 4.74 Å². The van der Waals surface area contributed by atoms with Gasteiger partial charge in [0.15, 0.2) is 5.78 Å². The number of hydrogen-bond donors (Lipinski definition) is 0. The number of carbonyl (C=O) groups is 2. The van der Waals surface area contributed by atoms with Crippen molar-refractivity contribution >= 4 is 11.8 Å². The van der Waals surface area contributed by atoms with Gasteiger partial charge in [0.25, 0.3) is 0 Å². The summed E-state index contributed by atoms with van der Waals surface area (Å²) in [7, 11) is 0. The predicted molar refractivity (Wildman–Crippen MR) is 66.7 cm³/mol. The average Bonchev–Trinajstić information content (AvgIpc) is 2.58. The molecule has 3 rings (SSSR count). The Morgan fingerprint density at radius 1 is 1.44 bits per heavy atom. The Kier molecular flexibility index (Phi) is 2.31. The molecule has 96 valence electrons. The summed E-state index contributed by atoms with van der Waals surface area (Å²) in [5, 5.41) is 0. The lowest BCUT2D eigenvalue weighted by Gasteiger charge is -2.46. The van der Waals surface area contributed by atoms with Crippen LogP contribution >= 0.6 is 0 Å². The molecule has 2 fully saturated rings. The van der Waals surface area contributed by atoms with Gasteiger partial charge in [-0.3, -0.25) is 9.59 Å². The third-order valence-electron chi connectivity index (χ3n) is 5.06. The van der Waals surface area contributed by atoms with E-state index in [1.807, 2.05) is 13.0 Å². The molecule has 1 saturated heterocycles. The van der Waals surface area contributed by atoms with Gasteiger partial charge in [0.2, 0.25) is 0 Å². The molecular formula is C15H18O3. The van der Waals surface area contributed by atoms with Crippen LogP contribution in [0.5, 0.6) is 0 Å². The highest BCUT2D eigenvalue weighted by atomic mass is 16.6. The molecule has 5 unspecified atom stereocenters. The molecule has 1 aliphatic heterocycles. The van der Waals surface area contributed by atoms with Gasteiger partial charge in [0.1, 0.15) is 6.10 Å². The molecule has 0 spiro atoms. The van der Waals surface area contributed by atoms with E-state index in [-0.39, 0.29) is 41.0 Å². The Labute approximate surface area is 107 Å². The summed E-state index contributed by atoms with van der Waals surface area (Å²) in [4.78, 5) is 23.4. The van der Waals surface area contributed by atoms with Crippen molar-refractivity contribution in [3.05, 3.63) is 24.3 Å². The zero-order valence-electron chi connectivity index (χ0n) is 10.8. The highest BCUT2D eigenvalue weighted by Crippen LogP contribution is 2.54. The van der Waals surface area contributed by atoms with Crippen molar-refractivity contribution in [1.82, 2.24) is 0 Å². The standard InChI is InChI=1S/C15H18O3/c1-8-10-6-11-9(2)12(16)4-5-15(11,3)7-13(10)18-14(8)17/h4-5,8,10-11,13H,2,6-7H2,1,3H3.